The Morgan fingerprint density at radius 3 is 2.50 bits per heavy atom. The topological polar surface area (TPSA) is 146 Å². The van der Waals surface area contributed by atoms with Crippen molar-refractivity contribution in [3.63, 3.8) is 0 Å². The van der Waals surface area contributed by atoms with Crippen molar-refractivity contribution in [2.75, 3.05) is 13.7 Å². The summed E-state index contributed by atoms with van der Waals surface area (Å²) >= 11 is 0. The Kier molecular flexibility index (Phi) is 6.64. The molecule has 1 aromatic carbocycles. The number of urea groups is 1. The summed E-state index contributed by atoms with van der Waals surface area (Å²) in [5, 5.41) is 2.59. The van der Waals surface area contributed by atoms with Gasteiger partial charge in [-0.25, -0.2) is 9.59 Å². The lowest BCUT2D eigenvalue weighted by Gasteiger charge is -2.11. The van der Waals surface area contributed by atoms with Gasteiger partial charge in [-0.2, -0.15) is 0 Å². The van der Waals surface area contributed by atoms with Crippen molar-refractivity contribution >= 4 is 29.9 Å². The Morgan fingerprint density at radius 1 is 1.11 bits per heavy atom. The zero-order chi connectivity index (χ0) is 26.0. The molecule has 4 rings (SSSR count). The van der Waals surface area contributed by atoms with Crippen LogP contribution in [0.2, 0.25) is 0 Å². The van der Waals surface area contributed by atoms with Crippen molar-refractivity contribution in [3.05, 3.63) is 76.6 Å². The van der Waals surface area contributed by atoms with E-state index in [1.54, 1.807) is 18.2 Å². The molecule has 0 spiro atoms. The molecule has 1 fully saturated rings. The van der Waals surface area contributed by atoms with Gasteiger partial charge in [0.2, 0.25) is 5.76 Å². The SMILES string of the molecule is COC(=O)c1ccc(CN2C(=O)N/C(=C\c3cc(C)n(-c4ccc(OCC(N)=O)cc4)c3C)C2=O)o1. The summed E-state index contributed by atoms with van der Waals surface area (Å²) in [6, 6.07) is 11.4. The molecular weight excluding hydrogens is 468 g/mol. The molecular formula is C25H24N4O7. The van der Waals surface area contributed by atoms with Gasteiger partial charge >= 0.3 is 12.0 Å². The second-order valence-electron chi connectivity index (χ2n) is 8.05. The van der Waals surface area contributed by atoms with E-state index in [0.717, 1.165) is 27.5 Å². The van der Waals surface area contributed by atoms with Gasteiger partial charge in [-0.1, -0.05) is 0 Å². The van der Waals surface area contributed by atoms with Gasteiger partial charge in [-0.15, -0.1) is 0 Å². The first-order chi connectivity index (χ1) is 17.2. The van der Waals surface area contributed by atoms with E-state index in [9.17, 15) is 19.2 Å². The number of carbonyl (C=O) groups is 4. The maximum absolute atomic E-state index is 12.9. The molecule has 1 aliphatic rings. The number of carbonyl (C=O) groups excluding carboxylic acids is 4. The van der Waals surface area contributed by atoms with Crippen molar-refractivity contribution in [3.8, 4) is 11.4 Å². The van der Waals surface area contributed by atoms with E-state index in [0.29, 0.717) is 5.75 Å². The molecule has 11 nitrogen and oxygen atoms in total. The normalized spacial score (nSPS) is 14.3. The highest BCUT2D eigenvalue weighted by Crippen LogP contribution is 2.26. The van der Waals surface area contributed by atoms with Crippen LogP contribution in [0.4, 0.5) is 4.79 Å². The van der Waals surface area contributed by atoms with Crippen LogP contribution in [-0.4, -0.2) is 47.0 Å². The number of amides is 4. The molecule has 36 heavy (non-hydrogen) atoms. The van der Waals surface area contributed by atoms with Gasteiger partial charge in [0.15, 0.2) is 6.61 Å². The fourth-order valence-corrected chi connectivity index (χ4v) is 3.88. The fraction of sp³-hybridized carbons (Fsp3) is 0.200. The molecule has 3 N–H and O–H groups in total. The zero-order valence-corrected chi connectivity index (χ0v) is 19.9. The Bertz CT molecular complexity index is 1380. The monoisotopic (exact) mass is 492 g/mol. The quantitative estimate of drug-likeness (QED) is 0.279. The second kappa shape index (κ2) is 9.82. The second-order valence-corrected chi connectivity index (χ2v) is 8.05. The third-order valence-corrected chi connectivity index (χ3v) is 5.57. The third kappa shape index (κ3) is 4.85. The first kappa shape index (κ1) is 24.3. The van der Waals surface area contributed by atoms with Gasteiger partial charge in [0.1, 0.15) is 17.2 Å². The zero-order valence-electron chi connectivity index (χ0n) is 19.9. The lowest BCUT2D eigenvalue weighted by Crippen LogP contribution is -2.30. The van der Waals surface area contributed by atoms with Crippen LogP contribution in [0.3, 0.4) is 0 Å². The Morgan fingerprint density at radius 2 is 1.83 bits per heavy atom. The number of hydrogen-bond donors (Lipinski definition) is 2. The summed E-state index contributed by atoms with van der Waals surface area (Å²) in [6.07, 6.45) is 1.62. The number of imide groups is 1. The number of nitrogens with one attached hydrogen (secondary N) is 1. The minimum Gasteiger partial charge on any atom is -0.484 e. The summed E-state index contributed by atoms with van der Waals surface area (Å²) in [7, 11) is 1.23. The molecule has 0 atom stereocenters. The number of rotatable bonds is 8. The Hall–Kier alpha value is -4.80. The van der Waals surface area contributed by atoms with E-state index in [-0.39, 0.29) is 30.4 Å². The molecule has 0 radical (unpaired) electrons. The number of hydrogen-bond acceptors (Lipinski definition) is 7. The standard InChI is InChI=1S/C25H24N4O7/c1-14-10-16(15(2)29(14)17-4-6-18(7-5-17)35-13-22(26)30)11-20-23(31)28(25(33)27-20)12-19-8-9-21(36-19)24(32)34-3/h4-11H,12-13H2,1-3H3,(H2,26,30)(H,27,33)/b20-11-. The van der Waals surface area contributed by atoms with Gasteiger partial charge in [-0.3, -0.25) is 14.5 Å². The minimum absolute atomic E-state index is 0.0183. The summed E-state index contributed by atoms with van der Waals surface area (Å²) in [5.41, 5.74) is 8.58. The predicted octanol–water partition coefficient (Wildman–Crippen LogP) is 2.43. The van der Waals surface area contributed by atoms with Gasteiger partial charge in [-0.05, 0) is 68.0 Å². The van der Waals surface area contributed by atoms with Gasteiger partial charge in [0.25, 0.3) is 11.8 Å². The molecule has 11 heteroatoms. The first-order valence-electron chi connectivity index (χ1n) is 10.9. The van der Waals surface area contributed by atoms with E-state index in [4.69, 9.17) is 14.9 Å². The number of furan rings is 1. The number of aromatic nitrogens is 1. The minimum atomic E-state index is -0.651. The number of esters is 1. The van der Waals surface area contributed by atoms with Crippen molar-refractivity contribution in [1.82, 2.24) is 14.8 Å². The molecule has 4 amide bonds. The molecule has 0 unspecified atom stereocenters. The third-order valence-electron chi connectivity index (χ3n) is 5.57. The highest BCUT2D eigenvalue weighted by Gasteiger charge is 2.34. The average Bonchev–Trinajstić information content (AvgIpc) is 3.51. The molecule has 0 saturated carbocycles. The van der Waals surface area contributed by atoms with Crippen LogP contribution in [0.5, 0.6) is 5.75 Å². The lowest BCUT2D eigenvalue weighted by molar-refractivity contribution is -0.123. The summed E-state index contributed by atoms with van der Waals surface area (Å²) < 4.78 is 17.3. The Labute approximate surface area is 206 Å². The number of benzene rings is 1. The van der Waals surface area contributed by atoms with Crippen LogP contribution in [0.25, 0.3) is 11.8 Å². The van der Waals surface area contributed by atoms with Crippen LogP contribution in [-0.2, 0) is 20.9 Å². The molecule has 0 bridgehead atoms. The van der Waals surface area contributed by atoms with E-state index in [1.165, 1.54) is 19.2 Å². The smallest absolute Gasteiger partial charge is 0.373 e. The van der Waals surface area contributed by atoms with Crippen LogP contribution >= 0.6 is 0 Å². The van der Waals surface area contributed by atoms with Crippen molar-refractivity contribution < 1.29 is 33.1 Å². The molecule has 1 saturated heterocycles. The van der Waals surface area contributed by atoms with Crippen molar-refractivity contribution in [1.29, 1.82) is 0 Å². The van der Waals surface area contributed by atoms with E-state index < -0.39 is 23.8 Å². The Balaban J connectivity index is 1.53. The van der Waals surface area contributed by atoms with Crippen molar-refractivity contribution in [2.24, 2.45) is 5.73 Å². The van der Waals surface area contributed by atoms with Crippen LogP contribution in [0.15, 0.2) is 52.6 Å². The van der Waals surface area contributed by atoms with E-state index >= 15 is 0 Å². The van der Waals surface area contributed by atoms with E-state index in [1.807, 2.05) is 36.6 Å². The largest absolute Gasteiger partial charge is 0.484 e. The number of nitrogens with zero attached hydrogens (tertiary/aromatic N) is 2. The lowest BCUT2D eigenvalue weighted by atomic mass is 10.2. The molecule has 3 aromatic rings. The van der Waals surface area contributed by atoms with Crippen LogP contribution in [0.1, 0.15) is 33.3 Å². The number of methoxy groups -OCH3 is 1. The molecule has 0 aliphatic carbocycles. The van der Waals surface area contributed by atoms with Gasteiger partial charge in [0.05, 0.1) is 13.7 Å². The molecule has 3 heterocycles. The predicted molar refractivity (Wildman–Crippen MR) is 127 cm³/mol. The molecule has 186 valence electrons. The highest BCUT2D eigenvalue weighted by molar-refractivity contribution is 6.14. The average molecular weight is 492 g/mol. The summed E-state index contributed by atoms with van der Waals surface area (Å²) in [4.78, 5) is 48.9. The number of ether oxygens (including phenoxy) is 2. The maximum atomic E-state index is 12.9. The maximum Gasteiger partial charge on any atom is 0.373 e. The fourth-order valence-electron chi connectivity index (χ4n) is 3.88. The first-order valence-corrected chi connectivity index (χ1v) is 10.9. The molecule has 1 aliphatic heterocycles. The number of nitrogens with two attached hydrogens (primary N) is 1. The number of primary amides is 1. The van der Waals surface area contributed by atoms with Gasteiger partial charge < -0.3 is 29.5 Å². The molecule has 2 aromatic heterocycles. The van der Waals surface area contributed by atoms with E-state index in [2.05, 4.69) is 10.1 Å². The highest BCUT2D eigenvalue weighted by atomic mass is 16.5. The van der Waals surface area contributed by atoms with Crippen LogP contribution < -0.4 is 15.8 Å². The number of aryl methyl sites for hydroxylation is 1. The summed E-state index contributed by atoms with van der Waals surface area (Å²) in [5.74, 6) is -0.969. The van der Waals surface area contributed by atoms with Crippen LogP contribution in [0, 0.1) is 13.8 Å². The van der Waals surface area contributed by atoms with Gasteiger partial charge in [0, 0.05) is 17.1 Å². The summed E-state index contributed by atoms with van der Waals surface area (Å²) in [6.45, 7) is 3.47. The van der Waals surface area contributed by atoms with Crippen molar-refractivity contribution in [2.45, 2.75) is 20.4 Å².